The standard InChI is InChI=1S/C21H23NO4S/c1-15(2)27(24,25)11-10-16(3)17-4-6-18(7-5-17)21-9-8-20(26-14-23)12-19(21)13-22/h4-9,12,14-16H,10-11H2,1-3H3/t16-/m0/s1. The molecule has 0 saturated carbocycles. The molecule has 142 valence electrons. The summed E-state index contributed by atoms with van der Waals surface area (Å²) in [5.74, 6) is 0.609. The fourth-order valence-corrected chi connectivity index (χ4v) is 3.88. The van der Waals surface area contributed by atoms with Crippen LogP contribution >= 0.6 is 0 Å². The number of carbonyl (C=O) groups excluding carboxylic acids is 1. The van der Waals surface area contributed by atoms with Gasteiger partial charge in [-0.25, -0.2) is 8.42 Å². The lowest BCUT2D eigenvalue weighted by atomic mass is 9.94. The molecule has 2 aromatic rings. The highest BCUT2D eigenvalue weighted by atomic mass is 32.2. The average Bonchev–Trinajstić information content (AvgIpc) is 2.66. The van der Waals surface area contributed by atoms with Crippen LogP contribution in [0.1, 0.15) is 44.2 Å². The van der Waals surface area contributed by atoms with E-state index < -0.39 is 9.84 Å². The molecule has 27 heavy (non-hydrogen) atoms. The van der Waals surface area contributed by atoms with E-state index in [1.165, 1.54) is 6.07 Å². The number of hydrogen-bond acceptors (Lipinski definition) is 5. The van der Waals surface area contributed by atoms with Crippen molar-refractivity contribution >= 4 is 16.3 Å². The Morgan fingerprint density at radius 2 is 1.78 bits per heavy atom. The minimum atomic E-state index is -3.04. The number of rotatable bonds is 8. The molecule has 0 amide bonds. The lowest BCUT2D eigenvalue weighted by Crippen LogP contribution is -2.18. The molecule has 0 aliphatic rings. The fraction of sp³-hybridized carbons (Fsp3) is 0.333. The van der Waals surface area contributed by atoms with Crippen LogP contribution in [0.4, 0.5) is 0 Å². The van der Waals surface area contributed by atoms with Gasteiger partial charge in [0.25, 0.3) is 6.47 Å². The zero-order valence-corrected chi connectivity index (χ0v) is 16.5. The molecule has 0 aliphatic heterocycles. The van der Waals surface area contributed by atoms with Crippen LogP contribution in [0.15, 0.2) is 42.5 Å². The van der Waals surface area contributed by atoms with Gasteiger partial charge in [-0.05, 0) is 61.1 Å². The summed E-state index contributed by atoms with van der Waals surface area (Å²) < 4.78 is 28.8. The molecule has 0 fully saturated rings. The Balaban J connectivity index is 2.18. The van der Waals surface area contributed by atoms with E-state index in [2.05, 4.69) is 6.07 Å². The summed E-state index contributed by atoms with van der Waals surface area (Å²) in [7, 11) is -3.04. The van der Waals surface area contributed by atoms with E-state index in [0.29, 0.717) is 24.2 Å². The van der Waals surface area contributed by atoms with Crippen LogP contribution in [0.2, 0.25) is 0 Å². The summed E-state index contributed by atoms with van der Waals surface area (Å²) >= 11 is 0. The summed E-state index contributed by atoms with van der Waals surface area (Å²) in [6, 6.07) is 14.8. The van der Waals surface area contributed by atoms with Crippen molar-refractivity contribution in [2.45, 2.75) is 38.4 Å². The maximum Gasteiger partial charge on any atom is 0.298 e. The average molecular weight is 385 g/mol. The highest BCUT2D eigenvalue weighted by molar-refractivity contribution is 7.91. The van der Waals surface area contributed by atoms with Crippen LogP contribution in [0.5, 0.6) is 5.75 Å². The SMILES string of the molecule is CC(C)S(=O)(=O)CC[C@H](C)c1ccc(-c2ccc(OC=O)cc2C#N)cc1. The number of nitrogens with zero attached hydrogens (tertiary/aromatic N) is 1. The molecule has 0 heterocycles. The van der Waals surface area contributed by atoms with Crippen molar-refractivity contribution in [3.8, 4) is 22.9 Å². The minimum Gasteiger partial charge on any atom is -0.429 e. The molecule has 0 saturated heterocycles. The predicted molar refractivity (Wildman–Crippen MR) is 105 cm³/mol. The first kappa shape index (κ1) is 20.7. The van der Waals surface area contributed by atoms with E-state index >= 15 is 0 Å². The van der Waals surface area contributed by atoms with Crippen LogP contribution in [0.3, 0.4) is 0 Å². The quantitative estimate of drug-likeness (QED) is 0.639. The molecule has 2 rings (SSSR count). The molecule has 6 heteroatoms. The summed E-state index contributed by atoms with van der Waals surface area (Å²) in [6.45, 7) is 5.74. The normalized spacial score (nSPS) is 12.4. The van der Waals surface area contributed by atoms with Crippen LogP contribution in [-0.2, 0) is 14.6 Å². The van der Waals surface area contributed by atoms with E-state index in [0.717, 1.165) is 16.7 Å². The van der Waals surface area contributed by atoms with Crippen LogP contribution in [-0.4, -0.2) is 25.9 Å². The van der Waals surface area contributed by atoms with E-state index in [1.54, 1.807) is 26.0 Å². The molecule has 0 N–H and O–H groups in total. The van der Waals surface area contributed by atoms with Gasteiger partial charge in [0.15, 0.2) is 9.84 Å². The largest absolute Gasteiger partial charge is 0.429 e. The van der Waals surface area contributed by atoms with Gasteiger partial charge in [-0.15, -0.1) is 0 Å². The molecule has 1 atom stereocenters. The highest BCUT2D eigenvalue weighted by Gasteiger charge is 2.18. The summed E-state index contributed by atoms with van der Waals surface area (Å²) in [6.07, 6.45) is 0.570. The van der Waals surface area contributed by atoms with Crippen molar-refractivity contribution in [2.75, 3.05) is 5.75 Å². The maximum absolute atomic E-state index is 12.0. The molecule has 0 aromatic heterocycles. The van der Waals surface area contributed by atoms with Crippen LogP contribution < -0.4 is 4.74 Å². The number of ether oxygens (including phenoxy) is 1. The molecule has 5 nitrogen and oxygen atoms in total. The molecular weight excluding hydrogens is 362 g/mol. The molecule has 0 bridgehead atoms. The zero-order valence-electron chi connectivity index (χ0n) is 15.7. The third-order valence-electron chi connectivity index (χ3n) is 4.64. The van der Waals surface area contributed by atoms with Crippen molar-refractivity contribution in [2.24, 2.45) is 0 Å². The molecular formula is C21H23NO4S. The second-order valence-corrected chi connectivity index (χ2v) is 9.44. The van der Waals surface area contributed by atoms with Crippen LogP contribution in [0, 0.1) is 11.3 Å². The van der Waals surface area contributed by atoms with Crippen LogP contribution in [0.25, 0.3) is 11.1 Å². The highest BCUT2D eigenvalue weighted by Crippen LogP contribution is 2.29. The van der Waals surface area contributed by atoms with Gasteiger partial charge >= 0.3 is 0 Å². The summed E-state index contributed by atoms with van der Waals surface area (Å²) in [5, 5.41) is 9.00. The fourth-order valence-electron chi connectivity index (χ4n) is 2.73. The molecule has 0 spiro atoms. The van der Waals surface area contributed by atoms with Gasteiger partial charge in [-0.3, -0.25) is 4.79 Å². The minimum absolute atomic E-state index is 0.117. The summed E-state index contributed by atoms with van der Waals surface area (Å²) in [5.41, 5.74) is 3.09. The van der Waals surface area contributed by atoms with Crippen molar-refractivity contribution in [3.05, 3.63) is 53.6 Å². The van der Waals surface area contributed by atoms with Gasteiger partial charge in [-0.1, -0.05) is 31.2 Å². The number of nitriles is 1. The van der Waals surface area contributed by atoms with E-state index in [1.807, 2.05) is 31.2 Å². The first-order valence-electron chi connectivity index (χ1n) is 8.75. The Bertz CT molecular complexity index is 941. The Morgan fingerprint density at radius 3 is 2.33 bits per heavy atom. The second-order valence-electron chi connectivity index (χ2n) is 6.76. The first-order valence-corrected chi connectivity index (χ1v) is 10.5. The van der Waals surface area contributed by atoms with Gasteiger partial charge in [0.1, 0.15) is 5.75 Å². The van der Waals surface area contributed by atoms with Gasteiger partial charge in [0, 0.05) is 0 Å². The van der Waals surface area contributed by atoms with Gasteiger partial charge in [0.2, 0.25) is 0 Å². The van der Waals surface area contributed by atoms with Crippen molar-refractivity contribution in [3.63, 3.8) is 0 Å². The number of hydrogen-bond donors (Lipinski definition) is 0. The molecule has 0 unspecified atom stereocenters. The zero-order chi connectivity index (χ0) is 20.0. The molecule has 2 aromatic carbocycles. The van der Waals surface area contributed by atoms with E-state index in [4.69, 9.17) is 4.74 Å². The Labute approximate surface area is 160 Å². The first-order chi connectivity index (χ1) is 12.8. The monoisotopic (exact) mass is 385 g/mol. The lowest BCUT2D eigenvalue weighted by molar-refractivity contribution is -0.120. The third kappa shape index (κ3) is 5.18. The van der Waals surface area contributed by atoms with E-state index in [-0.39, 0.29) is 16.9 Å². The third-order valence-corrected chi connectivity index (χ3v) is 6.88. The Morgan fingerprint density at radius 1 is 1.11 bits per heavy atom. The number of benzene rings is 2. The van der Waals surface area contributed by atoms with Crippen molar-refractivity contribution < 1.29 is 17.9 Å². The Hall–Kier alpha value is -2.65. The molecule has 0 radical (unpaired) electrons. The van der Waals surface area contributed by atoms with Gasteiger partial charge in [-0.2, -0.15) is 5.26 Å². The summed E-state index contributed by atoms with van der Waals surface area (Å²) in [4.78, 5) is 10.4. The smallest absolute Gasteiger partial charge is 0.298 e. The molecule has 0 aliphatic carbocycles. The number of carbonyl (C=O) groups is 1. The Kier molecular flexibility index (Phi) is 6.75. The van der Waals surface area contributed by atoms with E-state index in [9.17, 15) is 18.5 Å². The van der Waals surface area contributed by atoms with Crippen molar-refractivity contribution in [1.29, 1.82) is 5.26 Å². The van der Waals surface area contributed by atoms with Gasteiger partial charge < -0.3 is 4.74 Å². The number of sulfone groups is 1. The lowest BCUT2D eigenvalue weighted by Gasteiger charge is -2.14. The van der Waals surface area contributed by atoms with Crippen molar-refractivity contribution in [1.82, 2.24) is 0 Å². The maximum atomic E-state index is 12.0. The second kappa shape index (κ2) is 8.83. The predicted octanol–water partition coefficient (Wildman–Crippen LogP) is 4.08. The topological polar surface area (TPSA) is 84.2 Å². The van der Waals surface area contributed by atoms with Gasteiger partial charge in [0.05, 0.1) is 22.6 Å².